The molecule has 2 aromatic rings. The fourth-order valence-corrected chi connectivity index (χ4v) is 3.51. The van der Waals surface area contributed by atoms with E-state index in [0.29, 0.717) is 17.4 Å². The number of nitrogens with zero attached hydrogens (tertiary/aromatic N) is 1. The van der Waals surface area contributed by atoms with E-state index in [1.165, 1.54) is 12.1 Å². The molecule has 112 valence electrons. The lowest BCUT2D eigenvalue weighted by molar-refractivity contribution is 0.551. The summed E-state index contributed by atoms with van der Waals surface area (Å²) in [5.74, 6) is -1.82. The summed E-state index contributed by atoms with van der Waals surface area (Å²) in [5, 5.41) is 0. The van der Waals surface area contributed by atoms with Gasteiger partial charge in [-0.1, -0.05) is 6.07 Å². The highest BCUT2D eigenvalue weighted by Crippen LogP contribution is 2.26. The third kappa shape index (κ3) is 2.97. The van der Waals surface area contributed by atoms with Crippen LogP contribution in [0, 0.1) is 11.6 Å². The maximum absolute atomic E-state index is 13.8. The van der Waals surface area contributed by atoms with Gasteiger partial charge in [0.15, 0.2) is 0 Å². The summed E-state index contributed by atoms with van der Waals surface area (Å²) in [7, 11) is -4.21. The number of sulfonamides is 1. The standard InChI is InChI=1S/C14H14F2N2O2S/c1-2-18(12-5-3-4-11(17)9-12)21(19,20)14-8-10(15)6-7-13(14)16/h3-9H,2,17H2,1H3. The van der Waals surface area contributed by atoms with Crippen LogP contribution in [0.5, 0.6) is 0 Å². The predicted molar refractivity (Wildman–Crippen MR) is 77.4 cm³/mol. The third-order valence-electron chi connectivity index (χ3n) is 2.91. The smallest absolute Gasteiger partial charge is 0.267 e. The van der Waals surface area contributed by atoms with Crippen molar-refractivity contribution in [3.63, 3.8) is 0 Å². The molecule has 0 atom stereocenters. The lowest BCUT2D eigenvalue weighted by Gasteiger charge is -2.23. The quantitative estimate of drug-likeness (QED) is 0.883. The Kier molecular flexibility index (Phi) is 4.13. The number of nitrogen functional groups attached to an aromatic ring is 1. The summed E-state index contributed by atoms with van der Waals surface area (Å²) in [5.41, 5.74) is 6.30. The number of anilines is 2. The van der Waals surface area contributed by atoms with E-state index in [1.54, 1.807) is 19.1 Å². The summed E-state index contributed by atoms with van der Waals surface area (Å²) < 4.78 is 53.0. The fourth-order valence-electron chi connectivity index (χ4n) is 1.96. The molecule has 2 aromatic carbocycles. The van der Waals surface area contributed by atoms with Gasteiger partial charge in [0.25, 0.3) is 10.0 Å². The molecule has 0 spiro atoms. The Morgan fingerprint density at radius 1 is 1.14 bits per heavy atom. The van der Waals surface area contributed by atoms with Gasteiger partial charge in [-0.25, -0.2) is 17.2 Å². The van der Waals surface area contributed by atoms with E-state index < -0.39 is 26.6 Å². The molecule has 2 rings (SSSR count). The van der Waals surface area contributed by atoms with E-state index in [2.05, 4.69) is 0 Å². The van der Waals surface area contributed by atoms with Gasteiger partial charge < -0.3 is 5.73 Å². The number of benzene rings is 2. The van der Waals surface area contributed by atoms with E-state index in [1.807, 2.05) is 0 Å². The number of nitrogens with two attached hydrogens (primary N) is 1. The second-order valence-corrected chi connectivity index (χ2v) is 6.17. The lowest BCUT2D eigenvalue weighted by atomic mass is 10.3. The molecule has 7 heteroatoms. The number of halogens is 2. The maximum atomic E-state index is 13.8. The van der Waals surface area contributed by atoms with Crippen LogP contribution >= 0.6 is 0 Å². The fraction of sp³-hybridized carbons (Fsp3) is 0.143. The van der Waals surface area contributed by atoms with Crippen LogP contribution in [0.1, 0.15) is 6.92 Å². The summed E-state index contributed by atoms with van der Waals surface area (Å²) in [6.45, 7) is 1.65. The predicted octanol–water partition coefficient (Wildman–Crippen LogP) is 2.76. The molecule has 0 radical (unpaired) electrons. The largest absolute Gasteiger partial charge is 0.399 e. The third-order valence-corrected chi connectivity index (χ3v) is 4.82. The number of hydrogen-bond acceptors (Lipinski definition) is 3. The van der Waals surface area contributed by atoms with Crippen LogP contribution in [0.25, 0.3) is 0 Å². The molecular weight excluding hydrogens is 298 g/mol. The first kappa shape index (κ1) is 15.2. The highest BCUT2D eigenvalue weighted by atomic mass is 32.2. The molecule has 21 heavy (non-hydrogen) atoms. The minimum Gasteiger partial charge on any atom is -0.399 e. The van der Waals surface area contributed by atoms with Crippen molar-refractivity contribution in [2.75, 3.05) is 16.6 Å². The van der Waals surface area contributed by atoms with Crippen LogP contribution < -0.4 is 10.0 Å². The van der Waals surface area contributed by atoms with Crippen molar-refractivity contribution < 1.29 is 17.2 Å². The lowest BCUT2D eigenvalue weighted by Crippen LogP contribution is -2.31. The van der Waals surface area contributed by atoms with Crippen molar-refractivity contribution in [1.82, 2.24) is 0 Å². The topological polar surface area (TPSA) is 63.4 Å². The molecule has 0 amide bonds. The molecule has 0 aliphatic heterocycles. The normalized spacial score (nSPS) is 11.4. The zero-order chi connectivity index (χ0) is 15.6. The van der Waals surface area contributed by atoms with Crippen LogP contribution in [-0.2, 0) is 10.0 Å². The number of rotatable bonds is 4. The van der Waals surface area contributed by atoms with Gasteiger partial charge in [-0.2, -0.15) is 0 Å². The molecule has 0 aliphatic rings. The molecule has 0 aromatic heterocycles. The molecule has 0 aliphatic carbocycles. The molecule has 0 fully saturated rings. The second kappa shape index (κ2) is 5.69. The van der Waals surface area contributed by atoms with Crippen LogP contribution in [0.4, 0.5) is 20.2 Å². The second-order valence-electron chi connectivity index (χ2n) is 4.34. The van der Waals surface area contributed by atoms with Gasteiger partial charge in [0.05, 0.1) is 5.69 Å². The molecule has 4 nitrogen and oxygen atoms in total. The number of hydrogen-bond donors (Lipinski definition) is 1. The first-order valence-electron chi connectivity index (χ1n) is 6.19. The first-order chi connectivity index (χ1) is 9.86. The summed E-state index contributed by atoms with van der Waals surface area (Å²) in [4.78, 5) is -0.702. The van der Waals surface area contributed by atoms with Gasteiger partial charge in [0, 0.05) is 12.2 Å². The van der Waals surface area contributed by atoms with E-state index in [4.69, 9.17) is 5.73 Å². The van der Waals surface area contributed by atoms with Gasteiger partial charge in [-0.15, -0.1) is 0 Å². The zero-order valence-corrected chi connectivity index (χ0v) is 12.1. The van der Waals surface area contributed by atoms with Crippen molar-refractivity contribution in [1.29, 1.82) is 0 Å². The van der Waals surface area contributed by atoms with E-state index >= 15 is 0 Å². The minimum absolute atomic E-state index is 0.0573. The monoisotopic (exact) mass is 312 g/mol. The Labute approximate surface area is 121 Å². The minimum atomic E-state index is -4.21. The van der Waals surface area contributed by atoms with Gasteiger partial charge >= 0.3 is 0 Å². The SMILES string of the molecule is CCN(c1cccc(N)c1)S(=O)(=O)c1cc(F)ccc1F. The van der Waals surface area contributed by atoms with E-state index in [-0.39, 0.29) is 6.54 Å². The van der Waals surface area contributed by atoms with Crippen LogP contribution in [-0.4, -0.2) is 15.0 Å². The summed E-state index contributed by atoms with van der Waals surface area (Å²) in [6, 6.07) is 8.50. The molecule has 2 N–H and O–H groups in total. The van der Waals surface area contributed by atoms with Gasteiger partial charge in [-0.3, -0.25) is 4.31 Å². The molecule has 0 saturated heterocycles. The maximum Gasteiger partial charge on any atom is 0.267 e. The van der Waals surface area contributed by atoms with Gasteiger partial charge in [0.2, 0.25) is 0 Å². The average Bonchev–Trinajstić information content (AvgIpc) is 2.42. The van der Waals surface area contributed by atoms with Crippen LogP contribution in [0.2, 0.25) is 0 Å². The van der Waals surface area contributed by atoms with E-state index in [9.17, 15) is 17.2 Å². The average molecular weight is 312 g/mol. The van der Waals surface area contributed by atoms with Crippen LogP contribution in [0.3, 0.4) is 0 Å². The highest BCUT2D eigenvalue weighted by molar-refractivity contribution is 7.92. The molecule has 0 heterocycles. The Morgan fingerprint density at radius 2 is 1.86 bits per heavy atom. The Balaban J connectivity index is 2.57. The highest BCUT2D eigenvalue weighted by Gasteiger charge is 2.27. The van der Waals surface area contributed by atoms with Crippen molar-refractivity contribution in [2.45, 2.75) is 11.8 Å². The molecule has 0 saturated carbocycles. The first-order valence-corrected chi connectivity index (χ1v) is 7.63. The van der Waals surface area contributed by atoms with E-state index in [0.717, 1.165) is 16.4 Å². The Bertz CT molecular complexity index is 763. The summed E-state index contributed by atoms with van der Waals surface area (Å²) >= 11 is 0. The Hall–Kier alpha value is -2.15. The van der Waals surface area contributed by atoms with Crippen molar-refractivity contribution >= 4 is 21.4 Å². The molecular formula is C14H14F2N2O2S. The van der Waals surface area contributed by atoms with Crippen molar-refractivity contribution in [3.8, 4) is 0 Å². The van der Waals surface area contributed by atoms with Crippen molar-refractivity contribution in [3.05, 3.63) is 54.1 Å². The zero-order valence-electron chi connectivity index (χ0n) is 11.3. The van der Waals surface area contributed by atoms with Gasteiger partial charge in [-0.05, 0) is 43.3 Å². The van der Waals surface area contributed by atoms with Crippen LogP contribution in [0.15, 0.2) is 47.4 Å². The molecule has 0 unspecified atom stereocenters. The Morgan fingerprint density at radius 3 is 2.48 bits per heavy atom. The molecule has 0 bridgehead atoms. The van der Waals surface area contributed by atoms with Crippen molar-refractivity contribution in [2.24, 2.45) is 0 Å². The summed E-state index contributed by atoms with van der Waals surface area (Å²) in [6.07, 6.45) is 0. The van der Waals surface area contributed by atoms with Gasteiger partial charge in [0.1, 0.15) is 16.5 Å².